The molecule has 0 radical (unpaired) electrons. The van der Waals surface area contributed by atoms with E-state index in [1.807, 2.05) is 6.07 Å². The topological polar surface area (TPSA) is 54.2 Å². The van der Waals surface area contributed by atoms with Crippen LogP contribution in [0.15, 0.2) is 18.3 Å². The minimum atomic E-state index is 0.630. The standard InChI is InChI=1S/C11H16ClN5/c1-2-5-13-6-7-14-11-15-10-4-3-9(12)8-17(10)16-11/h3-4,8,13H,2,5-7H2,1H3,(H,14,16). The van der Waals surface area contributed by atoms with E-state index in [1.165, 1.54) is 0 Å². The van der Waals surface area contributed by atoms with Crippen molar-refractivity contribution in [2.24, 2.45) is 0 Å². The Labute approximate surface area is 105 Å². The summed E-state index contributed by atoms with van der Waals surface area (Å²) in [5.74, 6) is 0.630. The summed E-state index contributed by atoms with van der Waals surface area (Å²) in [5.41, 5.74) is 0.790. The highest BCUT2D eigenvalue weighted by Crippen LogP contribution is 2.10. The van der Waals surface area contributed by atoms with Gasteiger partial charge in [-0.05, 0) is 25.1 Å². The van der Waals surface area contributed by atoms with Crippen molar-refractivity contribution in [3.63, 3.8) is 0 Å². The van der Waals surface area contributed by atoms with Crippen LogP contribution in [-0.2, 0) is 0 Å². The van der Waals surface area contributed by atoms with E-state index >= 15 is 0 Å². The lowest BCUT2D eigenvalue weighted by atomic mass is 10.5. The maximum Gasteiger partial charge on any atom is 0.243 e. The van der Waals surface area contributed by atoms with Crippen LogP contribution in [0.2, 0.25) is 5.02 Å². The Hall–Kier alpha value is -1.33. The number of aromatic nitrogens is 3. The lowest BCUT2D eigenvalue weighted by Gasteiger charge is -2.02. The fourth-order valence-corrected chi connectivity index (χ4v) is 1.65. The highest BCUT2D eigenvalue weighted by molar-refractivity contribution is 6.30. The zero-order valence-electron chi connectivity index (χ0n) is 9.78. The number of nitrogens with one attached hydrogen (secondary N) is 2. The van der Waals surface area contributed by atoms with E-state index in [-0.39, 0.29) is 0 Å². The minimum Gasteiger partial charge on any atom is -0.352 e. The van der Waals surface area contributed by atoms with Crippen LogP contribution >= 0.6 is 11.6 Å². The summed E-state index contributed by atoms with van der Waals surface area (Å²) < 4.78 is 1.67. The van der Waals surface area contributed by atoms with Crippen molar-refractivity contribution in [1.82, 2.24) is 19.9 Å². The van der Waals surface area contributed by atoms with E-state index in [2.05, 4.69) is 27.6 Å². The van der Waals surface area contributed by atoms with Gasteiger partial charge in [0.25, 0.3) is 0 Å². The van der Waals surface area contributed by atoms with E-state index < -0.39 is 0 Å². The molecule has 6 heteroatoms. The molecule has 92 valence electrons. The molecule has 0 saturated heterocycles. The van der Waals surface area contributed by atoms with Crippen LogP contribution in [0.1, 0.15) is 13.3 Å². The molecule has 2 N–H and O–H groups in total. The Balaban J connectivity index is 1.91. The summed E-state index contributed by atoms with van der Waals surface area (Å²) in [6, 6.07) is 3.65. The molecule has 0 aromatic carbocycles. The van der Waals surface area contributed by atoms with Crippen molar-refractivity contribution in [3.05, 3.63) is 23.4 Å². The first kappa shape index (κ1) is 12.1. The smallest absolute Gasteiger partial charge is 0.243 e. The SMILES string of the molecule is CCCNCCNc1nc2ccc(Cl)cn2n1. The Kier molecular flexibility index (Phi) is 4.17. The number of hydrogen-bond donors (Lipinski definition) is 2. The molecule has 0 aliphatic rings. The predicted molar refractivity (Wildman–Crippen MR) is 69.6 cm³/mol. The second kappa shape index (κ2) is 5.84. The third-order valence-corrected chi connectivity index (χ3v) is 2.53. The Morgan fingerprint density at radius 1 is 1.29 bits per heavy atom. The maximum atomic E-state index is 5.87. The summed E-state index contributed by atoms with van der Waals surface area (Å²) in [6.45, 7) is 4.90. The summed E-state index contributed by atoms with van der Waals surface area (Å²) in [7, 11) is 0. The van der Waals surface area contributed by atoms with Gasteiger partial charge in [-0.1, -0.05) is 18.5 Å². The van der Waals surface area contributed by atoms with Crippen molar-refractivity contribution < 1.29 is 0 Å². The van der Waals surface area contributed by atoms with Gasteiger partial charge in [0.2, 0.25) is 5.95 Å². The number of nitrogens with zero attached hydrogens (tertiary/aromatic N) is 3. The highest BCUT2D eigenvalue weighted by atomic mass is 35.5. The predicted octanol–water partition coefficient (Wildman–Crippen LogP) is 1.79. The summed E-state index contributed by atoms with van der Waals surface area (Å²) in [5, 5.41) is 11.4. The molecule has 2 heterocycles. The average Bonchev–Trinajstić information content (AvgIpc) is 2.70. The Bertz CT molecular complexity index is 482. The molecular weight excluding hydrogens is 238 g/mol. The number of pyridine rings is 1. The van der Waals surface area contributed by atoms with Gasteiger partial charge in [0.05, 0.1) is 5.02 Å². The number of halogens is 1. The van der Waals surface area contributed by atoms with Gasteiger partial charge in [-0.25, -0.2) is 4.52 Å². The van der Waals surface area contributed by atoms with Gasteiger partial charge in [-0.3, -0.25) is 0 Å². The number of hydrogen-bond acceptors (Lipinski definition) is 4. The fourth-order valence-electron chi connectivity index (χ4n) is 1.50. The number of anilines is 1. The average molecular weight is 254 g/mol. The van der Waals surface area contributed by atoms with Crippen LogP contribution in [0.4, 0.5) is 5.95 Å². The summed E-state index contributed by atoms with van der Waals surface area (Å²) in [6.07, 6.45) is 2.88. The molecule has 0 saturated carbocycles. The van der Waals surface area contributed by atoms with Gasteiger partial charge in [0.1, 0.15) is 0 Å². The Morgan fingerprint density at radius 2 is 2.18 bits per heavy atom. The molecule has 2 aromatic rings. The lowest BCUT2D eigenvalue weighted by Crippen LogP contribution is -2.23. The quantitative estimate of drug-likeness (QED) is 0.771. The van der Waals surface area contributed by atoms with Crippen LogP contribution in [0.3, 0.4) is 0 Å². The molecule has 0 atom stereocenters. The normalized spacial score (nSPS) is 10.9. The van der Waals surface area contributed by atoms with Crippen LogP contribution in [0, 0.1) is 0 Å². The second-order valence-electron chi connectivity index (χ2n) is 3.76. The molecule has 0 fully saturated rings. The number of fused-ring (bicyclic) bond motifs is 1. The molecular formula is C11H16ClN5. The monoisotopic (exact) mass is 253 g/mol. The van der Waals surface area contributed by atoms with Gasteiger partial charge in [0.15, 0.2) is 5.65 Å². The third kappa shape index (κ3) is 3.31. The first-order chi connectivity index (χ1) is 8.29. The fraction of sp³-hybridized carbons (Fsp3) is 0.455. The van der Waals surface area contributed by atoms with Gasteiger partial charge < -0.3 is 10.6 Å². The molecule has 0 unspecified atom stereocenters. The zero-order valence-corrected chi connectivity index (χ0v) is 10.5. The minimum absolute atomic E-state index is 0.630. The summed E-state index contributed by atoms with van der Waals surface area (Å²) in [4.78, 5) is 4.33. The summed E-state index contributed by atoms with van der Waals surface area (Å²) >= 11 is 5.87. The third-order valence-electron chi connectivity index (χ3n) is 2.31. The molecule has 5 nitrogen and oxygen atoms in total. The van der Waals surface area contributed by atoms with E-state index in [0.29, 0.717) is 11.0 Å². The molecule has 2 aromatic heterocycles. The van der Waals surface area contributed by atoms with Gasteiger partial charge in [0, 0.05) is 19.3 Å². The second-order valence-corrected chi connectivity index (χ2v) is 4.20. The molecule has 0 aliphatic carbocycles. The molecule has 0 aliphatic heterocycles. The lowest BCUT2D eigenvalue weighted by molar-refractivity contribution is 0.686. The molecule has 0 bridgehead atoms. The Morgan fingerprint density at radius 3 is 3.00 bits per heavy atom. The van der Waals surface area contributed by atoms with Crippen molar-refractivity contribution in [2.45, 2.75) is 13.3 Å². The van der Waals surface area contributed by atoms with E-state index in [4.69, 9.17) is 11.6 Å². The molecule has 17 heavy (non-hydrogen) atoms. The molecule has 2 rings (SSSR count). The van der Waals surface area contributed by atoms with Crippen molar-refractivity contribution in [1.29, 1.82) is 0 Å². The van der Waals surface area contributed by atoms with Gasteiger partial charge in [-0.2, -0.15) is 4.98 Å². The van der Waals surface area contributed by atoms with Crippen LogP contribution < -0.4 is 10.6 Å². The van der Waals surface area contributed by atoms with E-state index in [1.54, 1.807) is 16.8 Å². The van der Waals surface area contributed by atoms with E-state index in [0.717, 1.165) is 31.7 Å². The molecule has 0 amide bonds. The van der Waals surface area contributed by atoms with Gasteiger partial charge in [-0.15, -0.1) is 5.10 Å². The van der Waals surface area contributed by atoms with E-state index in [9.17, 15) is 0 Å². The number of rotatable bonds is 6. The van der Waals surface area contributed by atoms with Crippen LogP contribution in [0.5, 0.6) is 0 Å². The van der Waals surface area contributed by atoms with Crippen molar-refractivity contribution in [2.75, 3.05) is 25.0 Å². The maximum absolute atomic E-state index is 5.87. The van der Waals surface area contributed by atoms with Crippen LogP contribution in [0.25, 0.3) is 5.65 Å². The van der Waals surface area contributed by atoms with Crippen LogP contribution in [-0.4, -0.2) is 34.2 Å². The molecule has 0 spiro atoms. The zero-order chi connectivity index (χ0) is 12.1. The van der Waals surface area contributed by atoms with Crippen molar-refractivity contribution >= 4 is 23.2 Å². The highest BCUT2D eigenvalue weighted by Gasteiger charge is 2.02. The first-order valence-electron chi connectivity index (χ1n) is 5.76. The largest absolute Gasteiger partial charge is 0.352 e. The van der Waals surface area contributed by atoms with Crippen molar-refractivity contribution in [3.8, 4) is 0 Å². The van der Waals surface area contributed by atoms with Gasteiger partial charge >= 0.3 is 0 Å². The first-order valence-corrected chi connectivity index (χ1v) is 6.14.